The van der Waals surface area contributed by atoms with E-state index in [9.17, 15) is 4.79 Å². The van der Waals surface area contributed by atoms with Gasteiger partial charge in [-0.25, -0.2) is 0 Å². The van der Waals surface area contributed by atoms with Crippen molar-refractivity contribution in [1.29, 1.82) is 0 Å². The number of primary amides is 1. The molecule has 0 radical (unpaired) electrons. The maximum Gasteiger partial charge on any atom is 0.248 e. The van der Waals surface area contributed by atoms with Crippen LogP contribution >= 0.6 is 11.3 Å². The Morgan fingerprint density at radius 3 is 2.82 bits per heavy atom. The van der Waals surface area contributed by atoms with Crippen molar-refractivity contribution in [2.45, 2.75) is 6.54 Å². The van der Waals surface area contributed by atoms with Crippen molar-refractivity contribution < 1.29 is 4.79 Å². The molecule has 0 saturated carbocycles. The molecule has 0 aliphatic heterocycles. The van der Waals surface area contributed by atoms with Crippen molar-refractivity contribution in [3.8, 4) is 0 Å². The van der Waals surface area contributed by atoms with Crippen LogP contribution in [0.15, 0.2) is 35.7 Å². The number of rotatable bonds is 4. The average molecular weight is 247 g/mol. The molecule has 5 N–H and O–H groups in total. The molecular formula is C12H13N3OS. The van der Waals surface area contributed by atoms with Crippen LogP contribution in [0, 0.1) is 0 Å². The predicted octanol–water partition coefficient (Wildman–Crippen LogP) is 2.04. The molecule has 0 aliphatic rings. The average Bonchev–Trinajstić information content (AvgIpc) is 2.80. The van der Waals surface area contributed by atoms with E-state index >= 15 is 0 Å². The molecule has 5 heteroatoms. The summed E-state index contributed by atoms with van der Waals surface area (Å²) in [6.45, 7) is 0.685. The standard InChI is InChI=1S/C12H13N3OS/c13-10-4-3-8(12(14)16)6-11(10)15-7-9-2-1-5-17-9/h1-6,15H,7,13H2,(H2,14,16). The van der Waals surface area contributed by atoms with Crippen LogP contribution in [-0.4, -0.2) is 5.91 Å². The Hall–Kier alpha value is -2.01. The van der Waals surface area contributed by atoms with Crippen molar-refractivity contribution >= 4 is 28.6 Å². The van der Waals surface area contributed by atoms with Crippen LogP contribution in [0.25, 0.3) is 0 Å². The summed E-state index contributed by atoms with van der Waals surface area (Å²) in [5.74, 6) is -0.454. The quantitative estimate of drug-likeness (QED) is 0.723. The number of nitrogens with one attached hydrogen (secondary N) is 1. The van der Waals surface area contributed by atoms with Crippen LogP contribution < -0.4 is 16.8 Å². The van der Waals surface area contributed by atoms with Crippen molar-refractivity contribution in [3.63, 3.8) is 0 Å². The largest absolute Gasteiger partial charge is 0.397 e. The highest BCUT2D eigenvalue weighted by atomic mass is 32.1. The summed E-state index contributed by atoms with van der Waals surface area (Å²) in [5, 5.41) is 5.20. The molecule has 1 amide bonds. The predicted molar refractivity (Wildman–Crippen MR) is 71.0 cm³/mol. The molecule has 0 bridgehead atoms. The monoisotopic (exact) mass is 247 g/mol. The van der Waals surface area contributed by atoms with Crippen LogP contribution in [0.3, 0.4) is 0 Å². The van der Waals surface area contributed by atoms with Crippen LogP contribution in [0.4, 0.5) is 11.4 Å². The molecule has 0 atom stereocenters. The lowest BCUT2D eigenvalue weighted by molar-refractivity contribution is 0.100. The van der Waals surface area contributed by atoms with Crippen LogP contribution in [-0.2, 0) is 6.54 Å². The Morgan fingerprint density at radius 2 is 2.18 bits per heavy atom. The molecule has 1 aromatic carbocycles. The molecule has 0 spiro atoms. The SMILES string of the molecule is NC(=O)c1ccc(N)c(NCc2cccs2)c1. The number of anilines is 2. The normalized spacial score (nSPS) is 10.1. The fraction of sp³-hybridized carbons (Fsp3) is 0.0833. The van der Waals surface area contributed by atoms with Gasteiger partial charge < -0.3 is 16.8 Å². The first-order valence-corrected chi connectivity index (χ1v) is 6.00. The molecular weight excluding hydrogens is 234 g/mol. The third kappa shape index (κ3) is 2.76. The minimum absolute atomic E-state index is 0.452. The van der Waals surface area contributed by atoms with Gasteiger partial charge in [-0.3, -0.25) is 4.79 Å². The number of hydrogen-bond donors (Lipinski definition) is 3. The van der Waals surface area contributed by atoms with Gasteiger partial charge in [0.1, 0.15) is 0 Å². The number of nitrogens with two attached hydrogens (primary N) is 2. The van der Waals surface area contributed by atoms with E-state index in [4.69, 9.17) is 11.5 Å². The number of nitrogen functional groups attached to an aromatic ring is 1. The van der Waals surface area contributed by atoms with E-state index in [1.165, 1.54) is 4.88 Å². The van der Waals surface area contributed by atoms with E-state index in [0.717, 1.165) is 5.69 Å². The third-order valence-corrected chi connectivity index (χ3v) is 3.25. The molecule has 0 fully saturated rings. The zero-order chi connectivity index (χ0) is 12.3. The molecule has 1 heterocycles. The Kier molecular flexibility index (Phi) is 3.30. The van der Waals surface area contributed by atoms with Gasteiger partial charge in [0, 0.05) is 17.0 Å². The second kappa shape index (κ2) is 4.88. The topological polar surface area (TPSA) is 81.1 Å². The molecule has 88 valence electrons. The summed E-state index contributed by atoms with van der Waals surface area (Å²) in [6.07, 6.45) is 0. The fourth-order valence-electron chi connectivity index (χ4n) is 1.46. The van der Waals surface area contributed by atoms with Crippen LogP contribution in [0.1, 0.15) is 15.2 Å². The lowest BCUT2D eigenvalue weighted by Crippen LogP contribution is -2.12. The smallest absolute Gasteiger partial charge is 0.248 e. The Bertz CT molecular complexity index is 523. The van der Waals surface area contributed by atoms with Gasteiger partial charge in [-0.2, -0.15) is 0 Å². The van der Waals surface area contributed by atoms with Gasteiger partial charge in [-0.15, -0.1) is 11.3 Å². The molecule has 0 unspecified atom stereocenters. The Morgan fingerprint density at radius 1 is 1.35 bits per heavy atom. The van der Waals surface area contributed by atoms with E-state index < -0.39 is 5.91 Å². The number of carbonyl (C=O) groups is 1. The lowest BCUT2D eigenvalue weighted by Gasteiger charge is -2.09. The van der Waals surface area contributed by atoms with Gasteiger partial charge in [-0.05, 0) is 29.6 Å². The van der Waals surface area contributed by atoms with Crippen LogP contribution in [0.5, 0.6) is 0 Å². The second-order valence-electron chi connectivity index (χ2n) is 3.60. The lowest BCUT2D eigenvalue weighted by atomic mass is 10.1. The molecule has 1 aromatic heterocycles. The van der Waals surface area contributed by atoms with E-state index in [0.29, 0.717) is 17.8 Å². The van der Waals surface area contributed by atoms with Crippen molar-refractivity contribution in [2.24, 2.45) is 5.73 Å². The number of hydrogen-bond acceptors (Lipinski definition) is 4. The first-order chi connectivity index (χ1) is 8.16. The molecule has 17 heavy (non-hydrogen) atoms. The van der Waals surface area contributed by atoms with Gasteiger partial charge in [0.2, 0.25) is 5.91 Å². The van der Waals surface area contributed by atoms with E-state index in [1.54, 1.807) is 29.5 Å². The Balaban J connectivity index is 2.14. The fourth-order valence-corrected chi connectivity index (χ4v) is 2.10. The summed E-state index contributed by atoms with van der Waals surface area (Å²) in [6, 6.07) is 8.99. The maximum absolute atomic E-state index is 11.1. The zero-order valence-corrected chi connectivity index (χ0v) is 9.96. The summed E-state index contributed by atoms with van der Waals surface area (Å²) in [5.41, 5.74) is 12.8. The maximum atomic E-state index is 11.1. The zero-order valence-electron chi connectivity index (χ0n) is 9.14. The molecule has 0 aliphatic carbocycles. The number of carbonyl (C=O) groups excluding carboxylic acids is 1. The highest BCUT2D eigenvalue weighted by Gasteiger charge is 2.05. The highest BCUT2D eigenvalue weighted by molar-refractivity contribution is 7.09. The molecule has 2 aromatic rings. The second-order valence-corrected chi connectivity index (χ2v) is 4.63. The van der Waals surface area contributed by atoms with Gasteiger partial charge in [0.05, 0.1) is 11.4 Å². The first-order valence-electron chi connectivity index (χ1n) is 5.12. The van der Waals surface area contributed by atoms with E-state index in [-0.39, 0.29) is 0 Å². The number of thiophene rings is 1. The molecule has 4 nitrogen and oxygen atoms in total. The van der Waals surface area contributed by atoms with E-state index in [2.05, 4.69) is 5.32 Å². The minimum atomic E-state index is -0.454. The number of benzene rings is 1. The summed E-state index contributed by atoms with van der Waals surface area (Å²) in [4.78, 5) is 12.3. The molecule has 2 rings (SSSR count). The highest BCUT2D eigenvalue weighted by Crippen LogP contribution is 2.21. The third-order valence-electron chi connectivity index (χ3n) is 2.37. The summed E-state index contributed by atoms with van der Waals surface area (Å²) < 4.78 is 0. The van der Waals surface area contributed by atoms with Crippen LogP contribution in [0.2, 0.25) is 0 Å². The number of amides is 1. The van der Waals surface area contributed by atoms with Crippen molar-refractivity contribution in [1.82, 2.24) is 0 Å². The van der Waals surface area contributed by atoms with E-state index in [1.807, 2.05) is 17.5 Å². The van der Waals surface area contributed by atoms with Gasteiger partial charge in [0.15, 0.2) is 0 Å². The Labute approximate surface area is 103 Å². The first kappa shape index (κ1) is 11.5. The van der Waals surface area contributed by atoms with Gasteiger partial charge >= 0.3 is 0 Å². The van der Waals surface area contributed by atoms with Crippen molar-refractivity contribution in [3.05, 3.63) is 46.2 Å². The molecule has 0 saturated heterocycles. The summed E-state index contributed by atoms with van der Waals surface area (Å²) >= 11 is 1.66. The van der Waals surface area contributed by atoms with Gasteiger partial charge in [0.25, 0.3) is 0 Å². The minimum Gasteiger partial charge on any atom is -0.397 e. The summed E-state index contributed by atoms with van der Waals surface area (Å²) in [7, 11) is 0. The van der Waals surface area contributed by atoms with Crippen molar-refractivity contribution in [2.75, 3.05) is 11.1 Å². The van der Waals surface area contributed by atoms with Gasteiger partial charge in [-0.1, -0.05) is 6.07 Å².